The third-order valence-corrected chi connectivity index (χ3v) is 3.00. The minimum atomic E-state index is -0.589. The number of anilines is 2. The highest BCUT2D eigenvalue weighted by Gasteiger charge is 2.17. The molecule has 0 aromatic heterocycles. The fourth-order valence-corrected chi connectivity index (χ4v) is 2.20. The quantitative estimate of drug-likeness (QED) is 0.833. The Morgan fingerprint density at radius 1 is 1.38 bits per heavy atom. The van der Waals surface area contributed by atoms with Crippen molar-refractivity contribution in [3.8, 4) is 0 Å². The first-order valence-corrected chi connectivity index (χ1v) is 5.66. The van der Waals surface area contributed by atoms with Crippen molar-refractivity contribution in [3.63, 3.8) is 0 Å². The van der Waals surface area contributed by atoms with Crippen LogP contribution in [0.1, 0.15) is 12.8 Å². The summed E-state index contributed by atoms with van der Waals surface area (Å²) >= 11 is 6.05. The van der Waals surface area contributed by atoms with E-state index in [2.05, 4.69) is 10.2 Å². The second-order valence-corrected chi connectivity index (χ2v) is 4.22. The van der Waals surface area contributed by atoms with E-state index in [-0.39, 0.29) is 0 Å². The number of primary amides is 1. The summed E-state index contributed by atoms with van der Waals surface area (Å²) in [6.07, 6.45) is 2.34. The lowest BCUT2D eigenvalue weighted by molar-refractivity contribution is 0.259. The molecule has 0 unspecified atom stereocenters. The van der Waals surface area contributed by atoms with Gasteiger partial charge in [0.25, 0.3) is 0 Å². The molecule has 2 rings (SSSR count). The molecule has 0 spiro atoms. The van der Waals surface area contributed by atoms with E-state index in [1.165, 1.54) is 12.8 Å². The first-order chi connectivity index (χ1) is 7.68. The van der Waals surface area contributed by atoms with E-state index in [4.69, 9.17) is 17.3 Å². The number of benzene rings is 1. The molecule has 3 N–H and O–H groups in total. The number of para-hydroxylation sites is 1. The van der Waals surface area contributed by atoms with Crippen molar-refractivity contribution >= 4 is 29.0 Å². The SMILES string of the molecule is NC(=O)Nc1c(Cl)cccc1N1CCCC1. The van der Waals surface area contributed by atoms with Crippen LogP contribution in [0.2, 0.25) is 5.02 Å². The summed E-state index contributed by atoms with van der Waals surface area (Å²) in [5, 5.41) is 3.10. The van der Waals surface area contributed by atoms with Gasteiger partial charge in [-0.05, 0) is 25.0 Å². The number of amides is 2. The highest BCUT2D eigenvalue weighted by molar-refractivity contribution is 6.34. The molecule has 1 saturated heterocycles. The molecule has 5 heteroatoms. The second-order valence-electron chi connectivity index (χ2n) is 3.82. The minimum Gasteiger partial charge on any atom is -0.370 e. The highest BCUT2D eigenvalue weighted by Crippen LogP contribution is 2.34. The maximum Gasteiger partial charge on any atom is 0.316 e. The van der Waals surface area contributed by atoms with Crippen LogP contribution in [0.15, 0.2) is 18.2 Å². The second kappa shape index (κ2) is 4.61. The lowest BCUT2D eigenvalue weighted by atomic mass is 10.2. The van der Waals surface area contributed by atoms with E-state index in [1.54, 1.807) is 6.07 Å². The predicted molar refractivity (Wildman–Crippen MR) is 66.1 cm³/mol. The van der Waals surface area contributed by atoms with E-state index in [1.807, 2.05) is 12.1 Å². The van der Waals surface area contributed by atoms with Gasteiger partial charge >= 0.3 is 6.03 Å². The molecule has 16 heavy (non-hydrogen) atoms. The van der Waals surface area contributed by atoms with Crippen LogP contribution in [0.3, 0.4) is 0 Å². The van der Waals surface area contributed by atoms with E-state index in [9.17, 15) is 4.79 Å². The Labute approximate surface area is 99.4 Å². The largest absolute Gasteiger partial charge is 0.370 e. The molecule has 1 aliphatic rings. The van der Waals surface area contributed by atoms with Crippen molar-refractivity contribution in [3.05, 3.63) is 23.2 Å². The van der Waals surface area contributed by atoms with Gasteiger partial charge in [-0.15, -0.1) is 0 Å². The van der Waals surface area contributed by atoms with Crippen molar-refractivity contribution < 1.29 is 4.79 Å². The Balaban J connectivity index is 2.34. The zero-order valence-electron chi connectivity index (χ0n) is 8.87. The van der Waals surface area contributed by atoms with Crippen molar-refractivity contribution in [2.24, 2.45) is 5.73 Å². The fraction of sp³-hybridized carbons (Fsp3) is 0.364. The molecule has 4 nitrogen and oxygen atoms in total. The highest BCUT2D eigenvalue weighted by atomic mass is 35.5. The molecule has 0 radical (unpaired) electrons. The number of nitrogens with one attached hydrogen (secondary N) is 1. The number of hydrogen-bond donors (Lipinski definition) is 2. The Hall–Kier alpha value is -1.42. The van der Waals surface area contributed by atoms with Crippen molar-refractivity contribution in [2.45, 2.75) is 12.8 Å². The van der Waals surface area contributed by atoms with Crippen LogP contribution < -0.4 is 16.0 Å². The Bertz CT molecular complexity index is 402. The molecule has 86 valence electrons. The van der Waals surface area contributed by atoms with Gasteiger partial charge in [-0.1, -0.05) is 17.7 Å². The molecule has 1 aliphatic heterocycles. The summed E-state index contributed by atoms with van der Waals surface area (Å²) in [5.41, 5.74) is 6.69. The number of halogens is 1. The van der Waals surface area contributed by atoms with Gasteiger partial charge in [-0.3, -0.25) is 0 Å². The van der Waals surface area contributed by atoms with Gasteiger partial charge in [0.05, 0.1) is 16.4 Å². The zero-order chi connectivity index (χ0) is 11.5. The normalized spacial score (nSPS) is 15.2. The van der Waals surface area contributed by atoms with Crippen LogP contribution in [0, 0.1) is 0 Å². The monoisotopic (exact) mass is 239 g/mol. The Morgan fingerprint density at radius 2 is 2.06 bits per heavy atom. The zero-order valence-corrected chi connectivity index (χ0v) is 9.63. The Kier molecular flexibility index (Phi) is 3.19. The van der Waals surface area contributed by atoms with E-state index < -0.39 is 6.03 Å². The van der Waals surface area contributed by atoms with Gasteiger partial charge < -0.3 is 16.0 Å². The van der Waals surface area contributed by atoms with Gasteiger partial charge in [0.2, 0.25) is 0 Å². The Morgan fingerprint density at radius 3 is 2.69 bits per heavy atom. The summed E-state index contributed by atoms with van der Waals surface area (Å²) in [6, 6.07) is 4.98. The minimum absolute atomic E-state index is 0.517. The molecule has 2 amide bonds. The van der Waals surface area contributed by atoms with Crippen molar-refractivity contribution in [1.29, 1.82) is 0 Å². The molecule has 0 saturated carbocycles. The molecule has 1 aromatic carbocycles. The van der Waals surface area contributed by atoms with Gasteiger partial charge in [0, 0.05) is 13.1 Å². The van der Waals surface area contributed by atoms with Gasteiger partial charge in [0.1, 0.15) is 0 Å². The van der Waals surface area contributed by atoms with Crippen LogP contribution >= 0.6 is 11.6 Å². The van der Waals surface area contributed by atoms with Crippen molar-refractivity contribution in [1.82, 2.24) is 0 Å². The van der Waals surface area contributed by atoms with Crippen molar-refractivity contribution in [2.75, 3.05) is 23.3 Å². The van der Waals surface area contributed by atoms with Gasteiger partial charge in [0.15, 0.2) is 0 Å². The lowest BCUT2D eigenvalue weighted by Crippen LogP contribution is -2.24. The molecular formula is C11H14ClN3O. The summed E-state index contributed by atoms with van der Waals surface area (Å²) in [7, 11) is 0. The summed E-state index contributed by atoms with van der Waals surface area (Å²) < 4.78 is 0. The number of carbonyl (C=O) groups is 1. The first-order valence-electron chi connectivity index (χ1n) is 5.28. The molecule has 1 fully saturated rings. The molecule has 0 bridgehead atoms. The standard InChI is InChI=1S/C11H14ClN3O/c12-8-4-3-5-9(10(8)14-11(13)16)15-6-1-2-7-15/h3-5H,1-2,6-7H2,(H3,13,14,16). The predicted octanol–water partition coefficient (Wildman–Crippen LogP) is 2.43. The summed E-state index contributed by atoms with van der Waals surface area (Å²) in [6.45, 7) is 1.99. The molecule has 0 atom stereocenters. The smallest absolute Gasteiger partial charge is 0.316 e. The maximum absolute atomic E-state index is 10.9. The molecule has 1 heterocycles. The third-order valence-electron chi connectivity index (χ3n) is 2.69. The van der Waals surface area contributed by atoms with E-state index >= 15 is 0 Å². The number of rotatable bonds is 2. The summed E-state index contributed by atoms with van der Waals surface area (Å²) in [5.74, 6) is 0. The van der Waals surface area contributed by atoms with E-state index in [0.717, 1.165) is 18.8 Å². The number of nitrogens with two attached hydrogens (primary N) is 1. The van der Waals surface area contributed by atoms with Crippen LogP contribution in [0.5, 0.6) is 0 Å². The molecular weight excluding hydrogens is 226 g/mol. The lowest BCUT2D eigenvalue weighted by Gasteiger charge is -2.21. The average Bonchev–Trinajstić information content (AvgIpc) is 2.73. The number of nitrogens with zero attached hydrogens (tertiary/aromatic N) is 1. The van der Waals surface area contributed by atoms with Crippen LogP contribution in [-0.2, 0) is 0 Å². The fourth-order valence-electron chi connectivity index (χ4n) is 1.98. The number of carbonyl (C=O) groups excluding carboxylic acids is 1. The third kappa shape index (κ3) is 2.22. The maximum atomic E-state index is 10.9. The summed E-state index contributed by atoms with van der Waals surface area (Å²) in [4.78, 5) is 13.1. The van der Waals surface area contributed by atoms with Crippen LogP contribution in [-0.4, -0.2) is 19.1 Å². The van der Waals surface area contributed by atoms with Gasteiger partial charge in [-0.2, -0.15) is 0 Å². The molecule has 0 aliphatic carbocycles. The van der Waals surface area contributed by atoms with Crippen LogP contribution in [0.25, 0.3) is 0 Å². The number of urea groups is 1. The molecule has 1 aromatic rings. The first kappa shape index (κ1) is 11.1. The van der Waals surface area contributed by atoms with E-state index in [0.29, 0.717) is 10.7 Å². The topological polar surface area (TPSA) is 58.4 Å². The average molecular weight is 240 g/mol. The number of hydrogen-bond acceptors (Lipinski definition) is 2. The van der Waals surface area contributed by atoms with Crippen LogP contribution in [0.4, 0.5) is 16.2 Å². The van der Waals surface area contributed by atoms with Gasteiger partial charge in [-0.25, -0.2) is 4.79 Å².